The normalized spacial score (nSPS) is 11.7. The Morgan fingerprint density at radius 1 is 0.756 bits per heavy atom. The van der Waals surface area contributed by atoms with Crippen molar-refractivity contribution in [2.24, 2.45) is 5.73 Å². The number of rotatable bonds is 15. The van der Waals surface area contributed by atoms with E-state index in [0.717, 1.165) is 0 Å². The van der Waals surface area contributed by atoms with Gasteiger partial charge in [-0.2, -0.15) is 0 Å². The standard InChI is InChI=1S/C23H46N4O5.C7H8.C2H6/c1-20(2,24)10-12-31-23(7,8)15-18(29)27-21(3,4)11-13-32-22(5,6)14-17(28)26-16-19(30)25-9;1-7-5-3-2-4-6-7;1-2/h10-16,24H2,1-9H3,(H,25,30)(H,26,28)(H,27,29);2-6H,1H3;1-2H3. The number of carbonyl (C=O) groups excluding carboxylic acids is 3. The molecule has 0 aromatic heterocycles. The third-order valence-electron chi connectivity index (χ3n) is 5.77. The minimum Gasteiger partial charge on any atom is -0.375 e. The predicted octanol–water partition coefficient (Wildman–Crippen LogP) is 4.65. The average Bonchev–Trinajstić information content (AvgIpc) is 2.82. The summed E-state index contributed by atoms with van der Waals surface area (Å²) in [5.41, 5.74) is 5.22. The fourth-order valence-electron chi connectivity index (χ4n) is 3.40. The van der Waals surface area contributed by atoms with Crippen molar-refractivity contribution in [3.8, 4) is 0 Å². The number of amides is 3. The fraction of sp³-hybridized carbons (Fsp3) is 0.719. The van der Waals surface area contributed by atoms with Gasteiger partial charge in [-0.05, 0) is 75.2 Å². The smallest absolute Gasteiger partial charge is 0.239 e. The summed E-state index contributed by atoms with van der Waals surface area (Å²) in [5.74, 6) is -0.613. The first-order valence-electron chi connectivity index (χ1n) is 14.6. The SMILES string of the molecule is CC.CNC(=O)CNC(=O)CC(C)(C)OCCC(C)(C)NC(=O)CC(C)(C)OCCC(C)(C)N.Cc1ccccc1. The molecule has 0 bridgehead atoms. The number of aryl methyl sites for hydroxylation is 1. The molecule has 0 saturated carbocycles. The lowest BCUT2D eigenvalue weighted by Gasteiger charge is -2.32. The second-order valence-electron chi connectivity index (χ2n) is 12.6. The van der Waals surface area contributed by atoms with Crippen molar-refractivity contribution in [1.82, 2.24) is 16.0 Å². The van der Waals surface area contributed by atoms with Gasteiger partial charge in [0.1, 0.15) is 0 Å². The van der Waals surface area contributed by atoms with E-state index in [1.165, 1.54) is 12.6 Å². The molecule has 238 valence electrons. The average molecular weight is 581 g/mol. The van der Waals surface area contributed by atoms with Gasteiger partial charge in [-0.15, -0.1) is 0 Å². The van der Waals surface area contributed by atoms with Crippen LogP contribution in [-0.4, -0.2) is 66.8 Å². The highest BCUT2D eigenvalue weighted by Gasteiger charge is 2.29. The fourth-order valence-corrected chi connectivity index (χ4v) is 3.40. The maximum atomic E-state index is 12.5. The van der Waals surface area contributed by atoms with Crippen LogP contribution in [0.15, 0.2) is 30.3 Å². The molecule has 0 unspecified atom stereocenters. The largest absolute Gasteiger partial charge is 0.375 e. The number of hydrogen-bond acceptors (Lipinski definition) is 6. The van der Waals surface area contributed by atoms with Gasteiger partial charge in [-0.3, -0.25) is 14.4 Å². The van der Waals surface area contributed by atoms with Gasteiger partial charge in [0.25, 0.3) is 0 Å². The van der Waals surface area contributed by atoms with Crippen LogP contribution >= 0.6 is 0 Å². The zero-order valence-corrected chi connectivity index (χ0v) is 28.0. The molecule has 0 aliphatic rings. The molecule has 0 heterocycles. The highest BCUT2D eigenvalue weighted by molar-refractivity contribution is 5.84. The molecular formula is C32H60N4O5. The number of likely N-dealkylation sites (N-methyl/N-ethyl adjacent to an activating group) is 1. The van der Waals surface area contributed by atoms with Crippen LogP contribution in [0.5, 0.6) is 0 Å². The van der Waals surface area contributed by atoms with E-state index in [-0.39, 0.29) is 42.6 Å². The maximum absolute atomic E-state index is 12.5. The lowest BCUT2D eigenvalue weighted by molar-refractivity contribution is -0.131. The van der Waals surface area contributed by atoms with Crippen LogP contribution in [0.4, 0.5) is 0 Å². The van der Waals surface area contributed by atoms with Gasteiger partial charge in [0.05, 0.1) is 30.6 Å². The molecule has 0 radical (unpaired) electrons. The van der Waals surface area contributed by atoms with Crippen molar-refractivity contribution in [1.29, 1.82) is 0 Å². The highest BCUT2D eigenvalue weighted by atomic mass is 16.5. The first-order chi connectivity index (χ1) is 18.8. The van der Waals surface area contributed by atoms with Gasteiger partial charge in [0.2, 0.25) is 17.7 Å². The summed E-state index contributed by atoms with van der Waals surface area (Å²) in [6.07, 6.45) is 1.65. The number of benzene rings is 1. The van der Waals surface area contributed by atoms with Crippen LogP contribution < -0.4 is 21.7 Å². The van der Waals surface area contributed by atoms with Crippen LogP contribution in [0.3, 0.4) is 0 Å². The summed E-state index contributed by atoms with van der Waals surface area (Å²) < 4.78 is 11.8. The molecule has 0 fully saturated rings. The molecule has 1 aromatic rings. The van der Waals surface area contributed by atoms with Gasteiger partial charge in [0, 0.05) is 31.3 Å². The number of ether oxygens (including phenoxy) is 2. The minimum absolute atomic E-state index is 0.0610. The Balaban J connectivity index is 0. The number of nitrogens with one attached hydrogen (secondary N) is 3. The van der Waals surface area contributed by atoms with E-state index in [4.69, 9.17) is 15.2 Å². The number of carbonyl (C=O) groups is 3. The zero-order chi connectivity index (χ0) is 32.3. The van der Waals surface area contributed by atoms with E-state index < -0.39 is 16.7 Å². The molecule has 1 aromatic carbocycles. The van der Waals surface area contributed by atoms with Gasteiger partial charge >= 0.3 is 0 Å². The maximum Gasteiger partial charge on any atom is 0.239 e. The first kappa shape index (κ1) is 40.6. The van der Waals surface area contributed by atoms with Crippen molar-refractivity contribution >= 4 is 17.7 Å². The van der Waals surface area contributed by atoms with E-state index in [9.17, 15) is 14.4 Å². The summed E-state index contributed by atoms with van der Waals surface area (Å²) in [6.45, 7) is 22.1. The third kappa shape index (κ3) is 25.0. The Labute approximate surface area is 250 Å². The second kappa shape index (κ2) is 19.6. The minimum atomic E-state index is -0.695. The number of nitrogens with two attached hydrogens (primary N) is 1. The molecule has 41 heavy (non-hydrogen) atoms. The second-order valence-corrected chi connectivity index (χ2v) is 12.6. The monoisotopic (exact) mass is 580 g/mol. The predicted molar refractivity (Wildman–Crippen MR) is 169 cm³/mol. The molecule has 0 atom stereocenters. The Morgan fingerprint density at radius 3 is 1.63 bits per heavy atom. The molecule has 9 heteroatoms. The molecule has 0 aliphatic heterocycles. The van der Waals surface area contributed by atoms with Crippen LogP contribution in [-0.2, 0) is 23.9 Å². The highest BCUT2D eigenvalue weighted by Crippen LogP contribution is 2.20. The molecule has 5 N–H and O–H groups in total. The molecule has 0 aliphatic carbocycles. The third-order valence-corrected chi connectivity index (χ3v) is 5.77. The quantitative estimate of drug-likeness (QED) is 0.239. The molecule has 0 spiro atoms. The van der Waals surface area contributed by atoms with E-state index in [0.29, 0.717) is 26.1 Å². The van der Waals surface area contributed by atoms with Crippen molar-refractivity contribution < 1.29 is 23.9 Å². The summed E-state index contributed by atoms with van der Waals surface area (Å²) in [5, 5.41) is 8.04. The summed E-state index contributed by atoms with van der Waals surface area (Å²) in [7, 11) is 1.51. The zero-order valence-electron chi connectivity index (χ0n) is 28.0. The van der Waals surface area contributed by atoms with E-state index >= 15 is 0 Å². The molecule has 9 nitrogen and oxygen atoms in total. The van der Waals surface area contributed by atoms with Gasteiger partial charge in [-0.25, -0.2) is 0 Å². The lowest BCUT2D eigenvalue weighted by atomic mass is 9.98. The summed E-state index contributed by atoms with van der Waals surface area (Å²) >= 11 is 0. The van der Waals surface area contributed by atoms with Gasteiger partial charge < -0.3 is 31.2 Å². The van der Waals surface area contributed by atoms with E-state index in [2.05, 4.69) is 35.0 Å². The Bertz CT molecular complexity index is 878. The van der Waals surface area contributed by atoms with Crippen LogP contribution in [0.25, 0.3) is 0 Å². The first-order valence-corrected chi connectivity index (χ1v) is 14.6. The van der Waals surface area contributed by atoms with E-state index in [1.807, 2.05) is 87.4 Å². The van der Waals surface area contributed by atoms with Gasteiger partial charge in [-0.1, -0.05) is 49.7 Å². The molecular weight excluding hydrogens is 520 g/mol. The van der Waals surface area contributed by atoms with Crippen LogP contribution in [0.2, 0.25) is 0 Å². The van der Waals surface area contributed by atoms with Crippen molar-refractivity contribution in [3.63, 3.8) is 0 Å². The van der Waals surface area contributed by atoms with Crippen molar-refractivity contribution in [2.75, 3.05) is 26.8 Å². The molecule has 1 rings (SSSR count). The lowest BCUT2D eigenvalue weighted by Crippen LogP contribution is -2.47. The Morgan fingerprint density at radius 2 is 1.22 bits per heavy atom. The number of hydrogen-bond donors (Lipinski definition) is 4. The van der Waals surface area contributed by atoms with Crippen molar-refractivity contribution in [3.05, 3.63) is 35.9 Å². The van der Waals surface area contributed by atoms with Crippen LogP contribution in [0, 0.1) is 6.92 Å². The van der Waals surface area contributed by atoms with Crippen LogP contribution in [0.1, 0.15) is 100 Å². The van der Waals surface area contributed by atoms with E-state index in [1.54, 1.807) is 0 Å². The molecule has 0 saturated heterocycles. The van der Waals surface area contributed by atoms with Gasteiger partial charge in [0.15, 0.2) is 0 Å². The Hall–Kier alpha value is -2.49. The summed E-state index contributed by atoms with van der Waals surface area (Å²) in [6, 6.07) is 10.3. The molecule has 3 amide bonds. The summed E-state index contributed by atoms with van der Waals surface area (Å²) in [4.78, 5) is 35.8. The topological polar surface area (TPSA) is 132 Å². The van der Waals surface area contributed by atoms with Crippen molar-refractivity contribution in [2.45, 2.75) is 124 Å². The Kier molecular flexibility index (Phi) is 19.4.